The minimum Gasteiger partial charge on any atom is -0.382 e. The van der Waals surface area contributed by atoms with E-state index in [1.165, 1.54) is 0 Å². The number of anilines is 2. The van der Waals surface area contributed by atoms with Gasteiger partial charge in [-0.25, -0.2) is 0 Å². The molecule has 0 radical (unpaired) electrons. The van der Waals surface area contributed by atoms with Gasteiger partial charge in [0, 0.05) is 53.4 Å². The zero-order chi connectivity index (χ0) is 23.0. The Bertz CT molecular complexity index is 1240. The molecule has 0 aliphatic carbocycles. The lowest BCUT2D eigenvalue weighted by atomic mass is 9.82. The molecule has 3 heterocycles. The van der Waals surface area contributed by atoms with Crippen molar-refractivity contribution >= 4 is 34.5 Å². The van der Waals surface area contributed by atoms with Gasteiger partial charge in [0.2, 0.25) is 0 Å². The second-order valence-electron chi connectivity index (χ2n) is 9.16. The van der Waals surface area contributed by atoms with Crippen LogP contribution in [0.2, 0.25) is 0 Å². The molecule has 0 amide bonds. The van der Waals surface area contributed by atoms with Gasteiger partial charge in [-0.1, -0.05) is 42.5 Å². The van der Waals surface area contributed by atoms with Crippen LogP contribution in [-0.4, -0.2) is 21.4 Å². The highest BCUT2D eigenvalue weighted by atomic mass is 32.1. The summed E-state index contributed by atoms with van der Waals surface area (Å²) < 4.78 is 0. The summed E-state index contributed by atoms with van der Waals surface area (Å²) in [6, 6.07) is 21.6. The fourth-order valence-corrected chi connectivity index (χ4v) is 5.10. The fraction of sp³-hybridized carbons (Fsp3) is 0.222. The van der Waals surface area contributed by atoms with E-state index in [0.717, 1.165) is 33.8 Å². The van der Waals surface area contributed by atoms with E-state index in [4.69, 9.17) is 12.2 Å². The first-order valence-electron chi connectivity index (χ1n) is 11.1. The van der Waals surface area contributed by atoms with E-state index in [0.29, 0.717) is 18.0 Å². The van der Waals surface area contributed by atoms with Crippen LogP contribution in [0, 0.1) is 0 Å². The van der Waals surface area contributed by atoms with Gasteiger partial charge in [0.25, 0.3) is 0 Å². The number of pyridine rings is 1. The highest BCUT2D eigenvalue weighted by Crippen LogP contribution is 2.43. The van der Waals surface area contributed by atoms with Crippen LogP contribution in [0.1, 0.15) is 37.4 Å². The van der Waals surface area contributed by atoms with Crippen LogP contribution in [0.5, 0.6) is 0 Å². The number of thiocarbonyl (C=S) groups is 1. The molecule has 2 aliphatic heterocycles. The summed E-state index contributed by atoms with van der Waals surface area (Å²) in [4.78, 5) is 20.1. The first-order valence-corrected chi connectivity index (χ1v) is 11.5. The van der Waals surface area contributed by atoms with Gasteiger partial charge in [-0.2, -0.15) is 0 Å². The van der Waals surface area contributed by atoms with E-state index >= 15 is 0 Å². The largest absolute Gasteiger partial charge is 0.382 e. The molecule has 1 aromatic heterocycles. The van der Waals surface area contributed by atoms with Crippen molar-refractivity contribution < 1.29 is 4.79 Å². The number of Topliss-reactive ketones (excluding diaryl/α,β-unsaturated/α-hetero) is 1. The van der Waals surface area contributed by atoms with Crippen molar-refractivity contribution in [1.82, 2.24) is 10.3 Å². The SMILES string of the molecule is CC1(C)CC(=O)C2=C(Cc3ccccc3N(C(=S)Nc3ccccc3)C2c2cccnc2)N1. The third kappa shape index (κ3) is 4.14. The molecule has 0 spiro atoms. The van der Waals surface area contributed by atoms with Gasteiger partial charge in [-0.3, -0.25) is 9.78 Å². The summed E-state index contributed by atoms with van der Waals surface area (Å²) in [5, 5.41) is 7.59. The molecule has 0 saturated carbocycles. The monoisotopic (exact) mass is 454 g/mol. The van der Waals surface area contributed by atoms with Gasteiger partial charge in [-0.15, -0.1) is 0 Å². The Kier molecular flexibility index (Phi) is 5.46. The van der Waals surface area contributed by atoms with Crippen molar-refractivity contribution in [3.05, 3.63) is 102 Å². The van der Waals surface area contributed by atoms with E-state index in [9.17, 15) is 4.79 Å². The fourth-order valence-electron chi connectivity index (χ4n) is 4.78. The van der Waals surface area contributed by atoms with Crippen LogP contribution in [0.3, 0.4) is 0 Å². The Labute approximate surface area is 199 Å². The maximum atomic E-state index is 13.6. The summed E-state index contributed by atoms with van der Waals surface area (Å²) in [7, 11) is 0. The summed E-state index contributed by atoms with van der Waals surface area (Å²) in [5.41, 5.74) is 5.35. The lowest BCUT2D eigenvalue weighted by molar-refractivity contribution is -0.117. The Hall–Kier alpha value is -3.51. The molecular weight excluding hydrogens is 428 g/mol. The minimum absolute atomic E-state index is 0.142. The summed E-state index contributed by atoms with van der Waals surface area (Å²) in [6.07, 6.45) is 4.64. The van der Waals surface area contributed by atoms with E-state index < -0.39 is 6.04 Å². The topological polar surface area (TPSA) is 57.3 Å². The summed E-state index contributed by atoms with van der Waals surface area (Å²) in [6.45, 7) is 4.15. The second-order valence-corrected chi connectivity index (χ2v) is 9.55. The number of ketones is 1. The summed E-state index contributed by atoms with van der Waals surface area (Å²) in [5.74, 6) is 0.142. The molecule has 0 bridgehead atoms. The van der Waals surface area contributed by atoms with Crippen molar-refractivity contribution in [1.29, 1.82) is 0 Å². The van der Waals surface area contributed by atoms with Gasteiger partial charge in [0.15, 0.2) is 10.9 Å². The number of carbonyl (C=O) groups is 1. The molecule has 166 valence electrons. The van der Waals surface area contributed by atoms with Crippen molar-refractivity contribution in [2.45, 2.75) is 38.3 Å². The molecule has 3 aromatic rings. The number of aromatic nitrogens is 1. The van der Waals surface area contributed by atoms with E-state index in [1.807, 2.05) is 60.8 Å². The molecule has 1 atom stereocenters. The Morgan fingerprint density at radius 2 is 1.85 bits per heavy atom. The van der Waals surface area contributed by atoms with E-state index in [1.54, 1.807) is 6.20 Å². The van der Waals surface area contributed by atoms with Crippen LogP contribution in [0.25, 0.3) is 0 Å². The van der Waals surface area contributed by atoms with Crippen molar-refractivity contribution in [3.63, 3.8) is 0 Å². The average Bonchev–Trinajstić information content (AvgIpc) is 2.94. The van der Waals surface area contributed by atoms with Gasteiger partial charge in [0.05, 0.1) is 6.04 Å². The first kappa shape index (κ1) is 21.3. The Morgan fingerprint density at radius 1 is 1.09 bits per heavy atom. The van der Waals surface area contributed by atoms with Gasteiger partial charge < -0.3 is 15.5 Å². The minimum atomic E-state index is -0.392. The van der Waals surface area contributed by atoms with Gasteiger partial charge in [-0.05, 0) is 61.5 Å². The number of nitrogens with zero attached hydrogens (tertiary/aromatic N) is 2. The number of allylic oxidation sites excluding steroid dienone is 1. The molecule has 5 nitrogen and oxygen atoms in total. The zero-order valence-corrected chi connectivity index (χ0v) is 19.5. The summed E-state index contributed by atoms with van der Waals surface area (Å²) >= 11 is 5.99. The van der Waals surface area contributed by atoms with E-state index in [2.05, 4.69) is 46.5 Å². The van der Waals surface area contributed by atoms with Crippen molar-refractivity contribution in [3.8, 4) is 0 Å². The van der Waals surface area contributed by atoms with Crippen LogP contribution < -0.4 is 15.5 Å². The van der Waals surface area contributed by atoms with Gasteiger partial charge in [0.1, 0.15) is 0 Å². The molecule has 0 saturated heterocycles. The first-order chi connectivity index (χ1) is 15.9. The van der Waals surface area contributed by atoms with Crippen molar-refractivity contribution in [2.24, 2.45) is 0 Å². The predicted molar refractivity (Wildman–Crippen MR) is 136 cm³/mol. The maximum Gasteiger partial charge on any atom is 0.178 e. The average molecular weight is 455 g/mol. The quantitative estimate of drug-likeness (QED) is 0.521. The van der Waals surface area contributed by atoms with Crippen LogP contribution in [0.4, 0.5) is 11.4 Å². The highest BCUT2D eigenvalue weighted by molar-refractivity contribution is 7.80. The standard InChI is InChI=1S/C27H26N4OS/c1-27(2)16-23(32)24-21(30-27)15-18-9-6-7-13-22(18)31(25(24)19-10-8-14-28-17-19)26(33)29-20-11-4-3-5-12-20/h3-14,17,25,30H,15-16H2,1-2H3,(H,29,33). The molecule has 2 N–H and O–H groups in total. The molecule has 6 heteroatoms. The smallest absolute Gasteiger partial charge is 0.178 e. The Balaban J connectivity index is 1.71. The molecule has 2 aliphatic rings. The number of hydrogen-bond acceptors (Lipinski definition) is 4. The van der Waals surface area contributed by atoms with Crippen LogP contribution in [0.15, 0.2) is 90.4 Å². The van der Waals surface area contributed by atoms with Crippen LogP contribution in [-0.2, 0) is 11.2 Å². The molecule has 5 rings (SSSR count). The predicted octanol–water partition coefficient (Wildman–Crippen LogP) is 5.18. The molecule has 1 unspecified atom stereocenters. The maximum absolute atomic E-state index is 13.6. The number of benzene rings is 2. The van der Waals surface area contributed by atoms with Crippen LogP contribution >= 0.6 is 12.2 Å². The normalized spacial score (nSPS) is 19.2. The third-order valence-electron chi connectivity index (χ3n) is 6.11. The number of carbonyl (C=O) groups excluding carboxylic acids is 1. The van der Waals surface area contributed by atoms with Gasteiger partial charge >= 0.3 is 0 Å². The molecule has 33 heavy (non-hydrogen) atoms. The number of hydrogen-bond donors (Lipinski definition) is 2. The molecule has 0 fully saturated rings. The number of nitrogens with one attached hydrogen (secondary N) is 2. The number of fused-ring (bicyclic) bond motifs is 1. The highest BCUT2D eigenvalue weighted by Gasteiger charge is 2.42. The lowest BCUT2D eigenvalue weighted by Gasteiger charge is -2.39. The Morgan fingerprint density at radius 3 is 2.61 bits per heavy atom. The number of rotatable bonds is 2. The molecular formula is C27H26N4OS. The lowest BCUT2D eigenvalue weighted by Crippen LogP contribution is -2.48. The van der Waals surface area contributed by atoms with Crippen molar-refractivity contribution in [2.75, 3.05) is 10.2 Å². The molecule has 2 aromatic carbocycles. The van der Waals surface area contributed by atoms with E-state index in [-0.39, 0.29) is 11.3 Å². The third-order valence-corrected chi connectivity index (χ3v) is 6.41. The zero-order valence-electron chi connectivity index (χ0n) is 18.7. The number of para-hydroxylation sites is 2. The second kappa shape index (κ2) is 8.45.